The number of nitrogens with one attached hydrogen (secondary N) is 2. The molecule has 0 radical (unpaired) electrons. The van der Waals surface area contributed by atoms with Crippen LogP contribution in [0.1, 0.15) is 35.9 Å². The van der Waals surface area contributed by atoms with Crippen LogP contribution in [-0.2, 0) is 20.7 Å². The monoisotopic (exact) mass is 354 g/mol. The van der Waals surface area contributed by atoms with E-state index in [2.05, 4.69) is 9.98 Å². The Balaban J connectivity index is 1.47. The lowest BCUT2D eigenvalue weighted by Crippen LogP contribution is -2.19. The lowest BCUT2D eigenvalue weighted by atomic mass is 10.1. The summed E-state index contributed by atoms with van der Waals surface area (Å²) in [5.74, 6) is 0.0108. The average molecular weight is 354 g/mol. The third-order valence-electron chi connectivity index (χ3n) is 4.26. The molecule has 7 heteroatoms. The van der Waals surface area contributed by atoms with E-state index in [1.807, 2.05) is 42.5 Å². The normalized spacial score (nSPS) is 20.1. The number of amidine groups is 1. The largest absolute Gasteiger partial charge is 0.463 e. The van der Waals surface area contributed by atoms with Crippen LogP contribution in [0.5, 0.6) is 0 Å². The highest BCUT2D eigenvalue weighted by molar-refractivity contribution is 5.99. The number of aliphatic imine (C=N–C) groups is 1. The second-order valence-corrected chi connectivity index (χ2v) is 6.14. The number of H-pyrrole nitrogens is 1. The molecule has 0 saturated carbocycles. The van der Waals surface area contributed by atoms with Crippen LogP contribution in [0, 0.1) is 5.41 Å². The molecule has 1 aromatic carbocycles. The molecule has 0 bridgehead atoms. The highest BCUT2D eigenvalue weighted by Gasteiger charge is 2.28. The van der Waals surface area contributed by atoms with Crippen molar-refractivity contribution in [3.8, 4) is 0 Å². The molecule has 2 heterocycles. The van der Waals surface area contributed by atoms with E-state index >= 15 is 0 Å². The molecule has 0 amide bonds. The molecule has 26 heavy (non-hydrogen) atoms. The quantitative estimate of drug-likeness (QED) is 0.402. The fourth-order valence-corrected chi connectivity index (χ4v) is 2.94. The fraction of sp³-hybridized carbons (Fsp3) is 0.316. The maximum Gasteiger partial charge on any atom is 0.310 e. The van der Waals surface area contributed by atoms with Gasteiger partial charge in [-0.15, -0.1) is 0 Å². The number of esters is 1. The zero-order chi connectivity index (χ0) is 18.4. The van der Waals surface area contributed by atoms with Gasteiger partial charge in [-0.1, -0.05) is 30.3 Å². The summed E-state index contributed by atoms with van der Waals surface area (Å²) in [5.41, 5.74) is 8.26. The summed E-state index contributed by atoms with van der Waals surface area (Å²) >= 11 is 0. The van der Waals surface area contributed by atoms with Crippen LogP contribution < -0.4 is 5.73 Å². The molecule has 0 aliphatic carbocycles. The molecule has 2 atom stereocenters. The van der Waals surface area contributed by atoms with Gasteiger partial charge in [0, 0.05) is 5.69 Å². The molecule has 2 aromatic rings. The van der Waals surface area contributed by atoms with Gasteiger partial charge >= 0.3 is 5.97 Å². The number of nitrogens with zero attached hydrogens (tertiary/aromatic N) is 1. The highest BCUT2D eigenvalue weighted by Crippen LogP contribution is 2.32. The van der Waals surface area contributed by atoms with Gasteiger partial charge in [-0.2, -0.15) is 0 Å². The summed E-state index contributed by atoms with van der Waals surface area (Å²) in [6, 6.07) is 13.2. The fourth-order valence-electron chi connectivity index (χ4n) is 2.94. The van der Waals surface area contributed by atoms with Crippen LogP contribution in [0.2, 0.25) is 0 Å². The predicted octanol–water partition coefficient (Wildman–Crippen LogP) is 2.33. The van der Waals surface area contributed by atoms with E-state index in [1.165, 1.54) is 0 Å². The summed E-state index contributed by atoms with van der Waals surface area (Å²) in [6.07, 6.45) is 2.63. The number of hydrogen-bond donors (Lipinski definition) is 3. The van der Waals surface area contributed by atoms with E-state index < -0.39 is 0 Å². The third kappa shape index (κ3) is 4.58. The van der Waals surface area contributed by atoms with Crippen molar-refractivity contribution in [2.45, 2.75) is 31.5 Å². The van der Waals surface area contributed by atoms with Crippen molar-refractivity contribution >= 4 is 18.1 Å². The summed E-state index contributed by atoms with van der Waals surface area (Å²) in [5, 5.41) is 6.96. The van der Waals surface area contributed by atoms with Gasteiger partial charge in [0.05, 0.1) is 24.3 Å². The van der Waals surface area contributed by atoms with Crippen molar-refractivity contribution in [3.05, 3.63) is 59.4 Å². The minimum Gasteiger partial charge on any atom is -0.463 e. The molecule has 2 unspecified atom stereocenters. The maximum absolute atomic E-state index is 11.9. The van der Waals surface area contributed by atoms with Crippen LogP contribution in [0.3, 0.4) is 0 Å². The van der Waals surface area contributed by atoms with Crippen LogP contribution in [0.15, 0.2) is 47.5 Å². The number of hydrogen-bond acceptors (Lipinski definition) is 4. The molecular formula is C19H22N4O3. The number of ether oxygens (including phenoxy) is 2. The van der Waals surface area contributed by atoms with Crippen molar-refractivity contribution in [1.82, 2.24) is 4.98 Å². The van der Waals surface area contributed by atoms with Crippen molar-refractivity contribution in [1.29, 1.82) is 5.41 Å². The number of aromatic nitrogens is 1. The van der Waals surface area contributed by atoms with Gasteiger partial charge < -0.3 is 20.2 Å². The molecule has 0 spiro atoms. The summed E-state index contributed by atoms with van der Waals surface area (Å²) < 4.78 is 11.3. The first kappa shape index (κ1) is 17.9. The number of carbonyl (C=O) groups excluding carboxylic acids is 1. The Kier molecular flexibility index (Phi) is 5.80. The van der Waals surface area contributed by atoms with E-state index in [1.54, 1.807) is 0 Å². The smallest absolute Gasteiger partial charge is 0.310 e. The Hall–Kier alpha value is -2.93. The number of rotatable bonds is 7. The van der Waals surface area contributed by atoms with E-state index in [-0.39, 0.29) is 37.0 Å². The van der Waals surface area contributed by atoms with Gasteiger partial charge in [-0.05, 0) is 30.5 Å². The first-order chi connectivity index (χ1) is 12.7. The van der Waals surface area contributed by atoms with Crippen molar-refractivity contribution in [3.63, 3.8) is 0 Å². The summed E-state index contributed by atoms with van der Waals surface area (Å²) in [7, 11) is 0. The molecule has 4 N–H and O–H groups in total. The number of carbonyl (C=O) groups is 1. The summed E-state index contributed by atoms with van der Waals surface area (Å²) in [6.45, 7) is 0.257. The molecule has 1 aliphatic rings. The van der Waals surface area contributed by atoms with Crippen molar-refractivity contribution in [2.75, 3.05) is 6.61 Å². The summed E-state index contributed by atoms with van der Waals surface area (Å²) in [4.78, 5) is 18.8. The van der Waals surface area contributed by atoms with Gasteiger partial charge in [0.2, 0.25) is 0 Å². The number of benzene rings is 1. The topological polar surface area (TPSA) is 114 Å². The minimum absolute atomic E-state index is 0.0886. The first-order valence-electron chi connectivity index (χ1n) is 8.52. The second-order valence-electron chi connectivity index (χ2n) is 6.14. The Labute approximate surface area is 151 Å². The molecule has 136 valence electrons. The van der Waals surface area contributed by atoms with Crippen LogP contribution in [-0.4, -0.2) is 35.8 Å². The Bertz CT molecular complexity index is 785. The standard InChI is InChI=1S/C19H22N4O3/c20-12-22-19(21)16-8-7-15(23-16)17-9-6-14(26-17)11-25-18(24)10-13-4-2-1-3-5-13/h1-5,7-8,12,14,17,23H,6,9-11H2,(H3,20,21,22). The molecule has 1 saturated heterocycles. The van der Waals surface area contributed by atoms with Crippen LogP contribution in [0.25, 0.3) is 0 Å². The van der Waals surface area contributed by atoms with Gasteiger partial charge in [0.25, 0.3) is 0 Å². The van der Waals surface area contributed by atoms with Crippen LogP contribution in [0.4, 0.5) is 0 Å². The Morgan fingerprint density at radius 1 is 1.31 bits per heavy atom. The van der Waals surface area contributed by atoms with E-state index in [4.69, 9.17) is 20.6 Å². The lowest BCUT2D eigenvalue weighted by molar-refractivity contribution is -0.146. The molecule has 3 rings (SSSR count). The highest BCUT2D eigenvalue weighted by atomic mass is 16.6. The van der Waals surface area contributed by atoms with E-state index in [0.29, 0.717) is 5.69 Å². The zero-order valence-corrected chi connectivity index (χ0v) is 14.4. The molecular weight excluding hydrogens is 332 g/mol. The van der Waals surface area contributed by atoms with E-state index in [0.717, 1.165) is 30.4 Å². The number of aromatic amines is 1. The van der Waals surface area contributed by atoms with Gasteiger partial charge in [-0.25, -0.2) is 4.99 Å². The lowest BCUT2D eigenvalue weighted by Gasteiger charge is -2.13. The first-order valence-corrected chi connectivity index (χ1v) is 8.52. The van der Waals surface area contributed by atoms with Gasteiger partial charge in [-0.3, -0.25) is 10.2 Å². The molecule has 1 aromatic heterocycles. The van der Waals surface area contributed by atoms with Gasteiger partial charge in [0.15, 0.2) is 0 Å². The third-order valence-corrected chi connectivity index (χ3v) is 4.26. The molecule has 7 nitrogen and oxygen atoms in total. The Morgan fingerprint density at radius 3 is 2.88 bits per heavy atom. The zero-order valence-electron chi connectivity index (χ0n) is 14.4. The predicted molar refractivity (Wildman–Crippen MR) is 98.3 cm³/mol. The van der Waals surface area contributed by atoms with Crippen molar-refractivity contribution < 1.29 is 14.3 Å². The maximum atomic E-state index is 11.9. The van der Waals surface area contributed by atoms with E-state index in [9.17, 15) is 4.79 Å². The number of nitrogens with two attached hydrogens (primary N) is 1. The van der Waals surface area contributed by atoms with Crippen LogP contribution >= 0.6 is 0 Å². The minimum atomic E-state index is -0.249. The average Bonchev–Trinajstić information content (AvgIpc) is 3.30. The second kappa shape index (κ2) is 8.44. The SMILES string of the molecule is N=C/N=C(/N)c1ccc(C2CCC(COC(=O)Cc3ccccc3)O2)[nH]1. The van der Waals surface area contributed by atoms with Gasteiger partial charge in [0.1, 0.15) is 18.8 Å². The molecule has 1 aliphatic heterocycles. The Morgan fingerprint density at radius 2 is 2.12 bits per heavy atom. The van der Waals surface area contributed by atoms with Crippen molar-refractivity contribution in [2.24, 2.45) is 10.7 Å². The molecule has 1 fully saturated rings.